The standard InChI is InChI=1S/C12H17N3O4S/c1-4-15(7-5-6-13)20(18,19)11-8(2)10(12(16)17)14-9(11)3/h14H,4-5,7H2,1-3H3,(H,16,17). The lowest BCUT2D eigenvalue weighted by molar-refractivity contribution is 0.0690. The van der Waals surface area contributed by atoms with Crippen LogP contribution in [0.3, 0.4) is 0 Å². The largest absolute Gasteiger partial charge is 0.477 e. The van der Waals surface area contributed by atoms with Gasteiger partial charge < -0.3 is 10.1 Å². The Kier molecular flexibility index (Phi) is 4.92. The van der Waals surface area contributed by atoms with E-state index in [2.05, 4.69) is 4.98 Å². The first-order valence-corrected chi connectivity index (χ1v) is 7.50. The summed E-state index contributed by atoms with van der Waals surface area (Å²) >= 11 is 0. The van der Waals surface area contributed by atoms with Crippen LogP contribution in [-0.2, 0) is 10.0 Å². The lowest BCUT2D eigenvalue weighted by Crippen LogP contribution is -2.32. The van der Waals surface area contributed by atoms with Crippen LogP contribution >= 0.6 is 0 Å². The zero-order valence-corrected chi connectivity index (χ0v) is 12.4. The monoisotopic (exact) mass is 299 g/mol. The molecule has 8 heteroatoms. The number of rotatable bonds is 6. The SMILES string of the molecule is CCN(CCC#N)S(=O)(=O)c1c(C)[nH]c(C(=O)O)c1C. The molecule has 0 amide bonds. The molecule has 2 N–H and O–H groups in total. The second-order valence-electron chi connectivity index (χ2n) is 4.29. The Labute approximate surface area is 117 Å². The minimum absolute atomic E-state index is 0.0188. The molecule has 0 aliphatic heterocycles. The summed E-state index contributed by atoms with van der Waals surface area (Å²) < 4.78 is 26.3. The van der Waals surface area contributed by atoms with Gasteiger partial charge in [-0.05, 0) is 13.8 Å². The first-order valence-electron chi connectivity index (χ1n) is 6.06. The van der Waals surface area contributed by atoms with Gasteiger partial charge in [-0.15, -0.1) is 0 Å². The van der Waals surface area contributed by atoms with Gasteiger partial charge in [0.15, 0.2) is 0 Å². The first kappa shape index (κ1) is 16.2. The fourth-order valence-corrected chi connectivity index (χ4v) is 3.94. The molecule has 0 unspecified atom stereocenters. The number of hydrogen-bond donors (Lipinski definition) is 2. The maximum atomic E-state index is 12.6. The molecule has 1 heterocycles. The van der Waals surface area contributed by atoms with E-state index in [0.717, 1.165) is 0 Å². The molecule has 20 heavy (non-hydrogen) atoms. The number of H-pyrrole nitrogens is 1. The Balaban J connectivity index is 3.35. The number of carboxylic acid groups (broad SMARTS) is 1. The Morgan fingerprint density at radius 2 is 2.05 bits per heavy atom. The summed E-state index contributed by atoms with van der Waals surface area (Å²) in [6.07, 6.45) is 0.0847. The van der Waals surface area contributed by atoms with Crippen LogP contribution in [0.25, 0.3) is 0 Å². The van der Waals surface area contributed by atoms with E-state index in [1.54, 1.807) is 6.92 Å². The van der Waals surface area contributed by atoms with Crippen LogP contribution in [-0.4, -0.2) is 41.9 Å². The van der Waals surface area contributed by atoms with E-state index in [0.29, 0.717) is 0 Å². The number of nitrogens with one attached hydrogen (secondary N) is 1. The fourth-order valence-electron chi connectivity index (χ4n) is 2.09. The van der Waals surface area contributed by atoms with Gasteiger partial charge >= 0.3 is 5.97 Å². The molecule has 110 valence electrons. The van der Waals surface area contributed by atoms with Gasteiger partial charge in [0.1, 0.15) is 10.6 Å². The zero-order chi connectivity index (χ0) is 15.5. The van der Waals surface area contributed by atoms with E-state index in [1.807, 2.05) is 6.07 Å². The Bertz CT molecular complexity index is 655. The van der Waals surface area contributed by atoms with Crippen LogP contribution in [0.15, 0.2) is 4.90 Å². The summed E-state index contributed by atoms with van der Waals surface area (Å²) in [4.78, 5) is 13.6. The van der Waals surface area contributed by atoms with Crippen molar-refractivity contribution in [3.8, 4) is 6.07 Å². The molecule has 0 aliphatic carbocycles. The lowest BCUT2D eigenvalue weighted by Gasteiger charge is -2.19. The van der Waals surface area contributed by atoms with Crippen LogP contribution in [0.4, 0.5) is 0 Å². The van der Waals surface area contributed by atoms with Crippen LogP contribution in [0.2, 0.25) is 0 Å². The van der Waals surface area contributed by atoms with E-state index in [4.69, 9.17) is 10.4 Å². The highest BCUT2D eigenvalue weighted by molar-refractivity contribution is 7.89. The number of aryl methyl sites for hydroxylation is 1. The molecule has 0 saturated carbocycles. The van der Waals surface area contributed by atoms with Crippen molar-refractivity contribution in [1.29, 1.82) is 5.26 Å². The molecule has 0 spiro atoms. The summed E-state index contributed by atoms with van der Waals surface area (Å²) in [5.41, 5.74) is 0.345. The number of sulfonamides is 1. The highest BCUT2D eigenvalue weighted by Gasteiger charge is 2.30. The van der Waals surface area contributed by atoms with Crippen molar-refractivity contribution in [1.82, 2.24) is 9.29 Å². The topological polar surface area (TPSA) is 114 Å². The van der Waals surface area contributed by atoms with Crippen molar-refractivity contribution < 1.29 is 18.3 Å². The summed E-state index contributed by atoms with van der Waals surface area (Å²) in [6, 6.07) is 1.90. The van der Waals surface area contributed by atoms with E-state index in [9.17, 15) is 13.2 Å². The van der Waals surface area contributed by atoms with E-state index in [1.165, 1.54) is 18.2 Å². The summed E-state index contributed by atoms with van der Waals surface area (Å²) in [5.74, 6) is -1.20. The highest BCUT2D eigenvalue weighted by atomic mass is 32.2. The second-order valence-corrected chi connectivity index (χ2v) is 6.16. The average Bonchev–Trinajstić information content (AvgIpc) is 2.66. The Morgan fingerprint density at radius 3 is 2.45 bits per heavy atom. The van der Waals surface area contributed by atoms with Gasteiger partial charge in [-0.2, -0.15) is 9.57 Å². The summed E-state index contributed by atoms with van der Waals surface area (Å²) in [7, 11) is -3.81. The van der Waals surface area contributed by atoms with Crippen molar-refractivity contribution in [2.24, 2.45) is 0 Å². The van der Waals surface area contributed by atoms with Crippen molar-refractivity contribution in [2.75, 3.05) is 13.1 Å². The number of nitrogens with zero attached hydrogens (tertiary/aromatic N) is 2. The van der Waals surface area contributed by atoms with Crippen molar-refractivity contribution in [2.45, 2.75) is 32.1 Å². The average molecular weight is 299 g/mol. The van der Waals surface area contributed by atoms with Gasteiger partial charge in [-0.3, -0.25) is 0 Å². The van der Waals surface area contributed by atoms with E-state index < -0.39 is 16.0 Å². The third kappa shape index (κ3) is 2.84. The Morgan fingerprint density at radius 1 is 1.45 bits per heavy atom. The predicted molar refractivity (Wildman–Crippen MR) is 71.9 cm³/mol. The molecule has 0 radical (unpaired) electrons. The van der Waals surface area contributed by atoms with Crippen LogP contribution in [0, 0.1) is 25.2 Å². The molecule has 0 aliphatic rings. The minimum Gasteiger partial charge on any atom is -0.477 e. The van der Waals surface area contributed by atoms with Crippen molar-refractivity contribution >= 4 is 16.0 Å². The molecule has 1 aromatic rings. The van der Waals surface area contributed by atoms with Crippen LogP contribution in [0.1, 0.15) is 35.1 Å². The number of carbonyl (C=O) groups is 1. The third-order valence-corrected chi connectivity index (χ3v) is 5.26. The minimum atomic E-state index is -3.81. The molecule has 1 rings (SSSR count). The molecular formula is C12H17N3O4S. The van der Waals surface area contributed by atoms with Crippen molar-refractivity contribution in [3.63, 3.8) is 0 Å². The fraction of sp³-hybridized carbons (Fsp3) is 0.500. The van der Waals surface area contributed by atoms with Gasteiger partial charge in [0, 0.05) is 30.8 Å². The Hall–Kier alpha value is -1.85. The molecule has 0 saturated heterocycles. The maximum Gasteiger partial charge on any atom is 0.352 e. The van der Waals surface area contributed by atoms with Crippen LogP contribution in [0.5, 0.6) is 0 Å². The first-order chi connectivity index (χ1) is 9.27. The molecule has 0 aromatic carbocycles. The van der Waals surface area contributed by atoms with Gasteiger partial charge in [-0.25, -0.2) is 13.2 Å². The number of nitriles is 1. The summed E-state index contributed by atoms with van der Waals surface area (Å²) in [5, 5.41) is 17.6. The summed E-state index contributed by atoms with van der Waals surface area (Å²) in [6.45, 7) is 4.95. The smallest absolute Gasteiger partial charge is 0.352 e. The second kappa shape index (κ2) is 6.07. The molecule has 0 fully saturated rings. The van der Waals surface area contributed by atoms with Gasteiger partial charge in [-0.1, -0.05) is 6.92 Å². The lowest BCUT2D eigenvalue weighted by atomic mass is 10.2. The molecule has 0 bridgehead atoms. The van der Waals surface area contributed by atoms with Gasteiger partial charge in [0.25, 0.3) is 0 Å². The molecule has 0 atom stereocenters. The van der Waals surface area contributed by atoms with Crippen molar-refractivity contribution in [3.05, 3.63) is 17.0 Å². The van der Waals surface area contributed by atoms with Gasteiger partial charge in [0.2, 0.25) is 10.0 Å². The van der Waals surface area contributed by atoms with E-state index >= 15 is 0 Å². The number of aromatic nitrogens is 1. The highest BCUT2D eigenvalue weighted by Crippen LogP contribution is 2.26. The number of hydrogen-bond acceptors (Lipinski definition) is 4. The quantitative estimate of drug-likeness (QED) is 0.820. The maximum absolute atomic E-state index is 12.6. The number of aromatic amines is 1. The zero-order valence-electron chi connectivity index (χ0n) is 11.6. The predicted octanol–water partition coefficient (Wildman–Crippen LogP) is 1.25. The normalized spacial score (nSPS) is 11.6. The molecule has 1 aromatic heterocycles. The third-order valence-electron chi connectivity index (χ3n) is 3.01. The number of carboxylic acids is 1. The molecule has 7 nitrogen and oxygen atoms in total. The van der Waals surface area contributed by atoms with Crippen LogP contribution < -0.4 is 0 Å². The van der Waals surface area contributed by atoms with Gasteiger partial charge in [0.05, 0.1) is 6.07 Å². The molecular weight excluding hydrogens is 282 g/mol. The number of aromatic carboxylic acids is 1. The van der Waals surface area contributed by atoms with E-state index in [-0.39, 0.29) is 41.4 Å².